The van der Waals surface area contributed by atoms with Crippen LogP contribution < -0.4 is 5.32 Å². The molecule has 1 fully saturated rings. The summed E-state index contributed by atoms with van der Waals surface area (Å²) in [6.45, 7) is 7.42. The molecule has 0 amide bonds. The summed E-state index contributed by atoms with van der Waals surface area (Å²) in [6, 6.07) is -0.251. The molecule has 0 saturated carbocycles. The molecule has 2 atom stereocenters. The molecule has 0 aliphatic carbocycles. The van der Waals surface area contributed by atoms with Crippen molar-refractivity contribution in [2.45, 2.75) is 45.3 Å². The largest absolute Gasteiger partial charge is 0.465 e. The molecule has 1 heterocycles. The Hall–Kier alpha value is -0.650. The molecule has 1 aliphatic heterocycles. The molecule has 2 unspecified atom stereocenters. The number of ether oxygens (including phenoxy) is 2. The Morgan fingerprint density at radius 3 is 2.84 bits per heavy atom. The van der Waals surface area contributed by atoms with Crippen LogP contribution in [0.5, 0.6) is 0 Å². The maximum absolute atomic E-state index is 11.8. The Balaban J connectivity index is 2.36. The lowest BCUT2D eigenvalue weighted by Crippen LogP contribution is -2.47. The van der Waals surface area contributed by atoms with Crippen LogP contribution in [0.2, 0.25) is 0 Å². The topological polar surface area (TPSA) is 50.8 Å². The average Bonchev–Trinajstić information content (AvgIpc) is 2.39. The van der Waals surface area contributed by atoms with Crippen LogP contribution in [-0.4, -0.2) is 62.9 Å². The van der Waals surface area contributed by atoms with Gasteiger partial charge >= 0.3 is 5.97 Å². The zero-order chi connectivity index (χ0) is 14.1. The number of carbonyl (C=O) groups excluding carboxylic acids is 1. The first-order valence-electron chi connectivity index (χ1n) is 7.37. The highest BCUT2D eigenvalue weighted by atomic mass is 16.5. The summed E-state index contributed by atoms with van der Waals surface area (Å²) in [6.07, 6.45) is 3.84. The van der Waals surface area contributed by atoms with Gasteiger partial charge in [-0.3, -0.25) is 4.79 Å². The first kappa shape index (κ1) is 16.4. The molecule has 0 radical (unpaired) electrons. The molecule has 0 bridgehead atoms. The molecule has 0 aromatic carbocycles. The minimum Gasteiger partial charge on any atom is -0.465 e. The van der Waals surface area contributed by atoms with Gasteiger partial charge in [-0.2, -0.15) is 0 Å². The van der Waals surface area contributed by atoms with Crippen LogP contribution in [-0.2, 0) is 14.3 Å². The smallest absolute Gasteiger partial charge is 0.324 e. The van der Waals surface area contributed by atoms with Crippen LogP contribution in [0.15, 0.2) is 0 Å². The van der Waals surface area contributed by atoms with Gasteiger partial charge in [0.2, 0.25) is 0 Å². The van der Waals surface area contributed by atoms with E-state index >= 15 is 0 Å². The molecule has 0 aromatic rings. The third-order valence-electron chi connectivity index (χ3n) is 3.31. The zero-order valence-corrected chi connectivity index (χ0v) is 12.5. The molecule has 0 spiro atoms. The molecule has 19 heavy (non-hydrogen) atoms. The normalized spacial score (nSPS) is 21.4. The highest BCUT2D eigenvalue weighted by Gasteiger charge is 2.22. The summed E-state index contributed by atoms with van der Waals surface area (Å²) in [5, 5.41) is 3.18. The van der Waals surface area contributed by atoms with E-state index in [1.165, 1.54) is 12.8 Å². The van der Waals surface area contributed by atoms with E-state index in [1.54, 1.807) is 0 Å². The maximum atomic E-state index is 11.8. The summed E-state index contributed by atoms with van der Waals surface area (Å²) in [5.41, 5.74) is 0. The lowest BCUT2D eigenvalue weighted by molar-refractivity contribution is -0.146. The van der Waals surface area contributed by atoms with Crippen LogP contribution >= 0.6 is 0 Å². The number of esters is 1. The van der Waals surface area contributed by atoms with Crippen LogP contribution in [0.4, 0.5) is 0 Å². The van der Waals surface area contributed by atoms with Crippen LogP contribution in [0, 0.1) is 0 Å². The Kier molecular flexibility index (Phi) is 8.02. The van der Waals surface area contributed by atoms with Crippen LogP contribution in [0.3, 0.4) is 0 Å². The van der Waals surface area contributed by atoms with Crippen LogP contribution in [0.25, 0.3) is 0 Å². The summed E-state index contributed by atoms with van der Waals surface area (Å²) >= 11 is 0. The fraction of sp³-hybridized carbons (Fsp3) is 0.929. The van der Waals surface area contributed by atoms with E-state index in [9.17, 15) is 4.79 Å². The van der Waals surface area contributed by atoms with Gasteiger partial charge in [-0.1, -0.05) is 6.92 Å². The molecule has 112 valence electrons. The minimum atomic E-state index is -0.251. The quantitative estimate of drug-likeness (QED) is 0.669. The van der Waals surface area contributed by atoms with Gasteiger partial charge in [-0.15, -0.1) is 0 Å². The second kappa shape index (κ2) is 9.28. The monoisotopic (exact) mass is 272 g/mol. The predicted molar refractivity (Wildman–Crippen MR) is 75.2 cm³/mol. The summed E-state index contributed by atoms with van der Waals surface area (Å²) in [7, 11) is 2.03. The van der Waals surface area contributed by atoms with E-state index in [0.717, 1.165) is 26.1 Å². The van der Waals surface area contributed by atoms with E-state index in [4.69, 9.17) is 9.47 Å². The summed E-state index contributed by atoms with van der Waals surface area (Å²) < 4.78 is 10.8. The van der Waals surface area contributed by atoms with Crippen molar-refractivity contribution in [1.29, 1.82) is 0 Å². The molecule has 5 nitrogen and oxygen atoms in total. The van der Waals surface area contributed by atoms with Crippen molar-refractivity contribution >= 4 is 5.97 Å². The van der Waals surface area contributed by atoms with Gasteiger partial charge in [0, 0.05) is 19.7 Å². The maximum Gasteiger partial charge on any atom is 0.324 e. The molecular weight excluding hydrogens is 244 g/mol. The number of hydrogen-bond donors (Lipinski definition) is 1. The average molecular weight is 272 g/mol. The van der Waals surface area contributed by atoms with Gasteiger partial charge in [0.05, 0.1) is 12.7 Å². The Labute approximate surface area is 116 Å². The number of rotatable bonds is 8. The Morgan fingerprint density at radius 2 is 2.26 bits per heavy atom. The fourth-order valence-corrected chi connectivity index (χ4v) is 2.40. The van der Waals surface area contributed by atoms with E-state index in [0.29, 0.717) is 19.3 Å². The van der Waals surface area contributed by atoms with Crippen molar-refractivity contribution in [1.82, 2.24) is 10.2 Å². The van der Waals surface area contributed by atoms with Crippen molar-refractivity contribution in [3.05, 3.63) is 0 Å². The number of nitrogens with one attached hydrogen (secondary N) is 1. The number of likely N-dealkylation sites (N-methyl/N-ethyl adjacent to an activating group) is 2. The van der Waals surface area contributed by atoms with Gasteiger partial charge in [0.15, 0.2) is 0 Å². The fourth-order valence-electron chi connectivity index (χ4n) is 2.40. The Morgan fingerprint density at radius 1 is 1.47 bits per heavy atom. The van der Waals surface area contributed by atoms with Crippen molar-refractivity contribution in [3.63, 3.8) is 0 Å². The first-order chi connectivity index (χ1) is 9.17. The zero-order valence-electron chi connectivity index (χ0n) is 12.5. The summed E-state index contributed by atoms with van der Waals surface area (Å²) in [4.78, 5) is 14.0. The highest BCUT2D eigenvalue weighted by molar-refractivity contribution is 5.76. The standard InChI is InChI=1S/C14H28N2O3/c1-4-15-13(14(17)18-5-2)11-16(3)10-12-8-6-7-9-19-12/h12-13,15H,4-11H2,1-3H3. The second-order valence-electron chi connectivity index (χ2n) is 5.07. The number of hydrogen-bond acceptors (Lipinski definition) is 5. The van der Waals surface area contributed by atoms with Gasteiger partial charge in [0.1, 0.15) is 6.04 Å². The Bertz CT molecular complexity index is 255. The molecule has 1 aliphatic rings. The lowest BCUT2D eigenvalue weighted by Gasteiger charge is -2.29. The molecule has 1 N–H and O–H groups in total. The predicted octanol–water partition coefficient (Wildman–Crippen LogP) is 1.03. The molecule has 1 saturated heterocycles. The second-order valence-corrected chi connectivity index (χ2v) is 5.07. The van der Waals surface area contributed by atoms with Gasteiger partial charge in [0.25, 0.3) is 0 Å². The molecule has 5 heteroatoms. The lowest BCUT2D eigenvalue weighted by atomic mass is 10.1. The van der Waals surface area contributed by atoms with Gasteiger partial charge < -0.3 is 19.7 Å². The van der Waals surface area contributed by atoms with E-state index in [2.05, 4.69) is 10.2 Å². The van der Waals surface area contributed by atoms with Crippen LogP contribution in [0.1, 0.15) is 33.1 Å². The van der Waals surface area contributed by atoms with Gasteiger partial charge in [-0.25, -0.2) is 0 Å². The van der Waals surface area contributed by atoms with Crippen molar-refractivity contribution in [2.75, 3.05) is 39.9 Å². The van der Waals surface area contributed by atoms with Crippen molar-refractivity contribution in [2.24, 2.45) is 0 Å². The summed E-state index contributed by atoms with van der Waals surface area (Å²) in [5.74, 6) is -0.166. The van der Waals surface area contributed by atoms with Crippen molar-refractivity contribution in [3.8, 4) is 0 Å². The number of nitrogens with zero attached hydrogens (tertiary/aromatic N) is 1. The molecule has 1 rings (SSSR count). The van der Waals surface area contributed by atoms with E-state index < -0.39 is 0 Å². The highest BCUT2D eigenvalue weighted by Crippen LogP contribution is 2.13. The number of carbonyl (C=O) groups is 1. The van der Waals surface area contributed by atoms with E-state index in [-0.39, 0.29) is 12.0 Å². The SMILES string of the molecule is CCNC(CN(C)CC1CCCCO1)C(=O)OCC. The first-order valence-corrected chi connectivity index (χ1v) is 7.37. The third kappa shape index (κ3) is 6.36. The van der Waals surface area contributed by atoms with Gasteiger partial charge in [-0.05, 0) is 39.8 Å². The minimum absolute atomic E-state index is 0.166. The third-order valence-corrected chi connectivity index (χ3v) is 3.31. The molecular formula is C14H28N2O3. The van der Waals surface area contributed by atoms with Crippen molar-refractivity contribution < 1.29 is 14.3 Å². The molecule has 0 aromatic heterocycles. The van der Waals surface area contributed by atoms with E-state index in [1.807, 2.05) is 20.9 Å².